The third-order valence-corrected chi connectivity index (χ3v) is 5.10. The van der Waals surface area contributed by atoms with Gasteiger partial charge in [0.15, 0.2) is 0 Å². The number of carbonyl (C=O) groups is 1. The first-order chi connectivity index (χ1) is 11.2. The predicted molar refractivity (Wildman–Crippen MR) is 91.7 cm³/mol. The van der Waals surface area contributed by atoms with Crippen LogP contribution in [0, 0.1) is 5.92 Å². The number of nitrogens with one attached hydrogen (secondary N) is 1. The van der Waals surface area contributed by atoms with Crippen LogP contribution in [0.4, 0.5) is 5.69 Å². The molecule has 1 amide bonds. The van der Waals surface area contributed by atoms with Crippen LogP contribution in [0.2, 0.25) is 0 Å². The van der Waals surface area contributed by atoms with Gasteiger partial charge in [-0.15, -0.1) is 0 Å². The van der Waals surface area contributed by atoms with E-state index in [0.717, 1.165) is 56.6 Å². The van der Waals surface area contributed by atoms with Crippen molar-refractivity contribution >= 4 is 11.6 Å². The lowest BCUT2D eigenvalue weighted by Crippen LogP contribution is -2.50. The molecule has 0 radical (unpaired) electrons. The highest BCUT2D eigenvalue weighted by Crippen LogP contribution is 2.30. The van der Waals surface area contributed by atoms with Gasteiger partial charge in [-0.25, -0.2) is 0 Å². The molecule has 126 valence electrons. The third kappa shape index (κ3) is 3.61. The van der Waals surface area contributed by atoms with Crippen molar-refractivity contribution in [1.82, 2.24) is 5.32 Å². The summed E-state index contributed by atoms with van der Waals surface area (Å²) in [5.41, 5.74) is 7.16. The number of hydrogen-bond acceptors (Lipinski definition) is 4. The summed E-state index contributed by atoms with van der Waals surface area (Å²) in [5, 5.41) is 3.23. The zero-order valence-corrected chi connectivity index (χ0v) is 13.8. The van der Waals surface area contributed by atoms with Crippen LogP contribution in [0.3, 0.4) is 0 Å². The molecule has 1 saturated carbocycles. The van der Waals surface area contributed by atoms with Crippen molar-refractivity contribution in [3.63, 3.8) is 0 Å². The summed E-state index contributed by atoms with van der Waals surface area (Å²) in [6.07, 6.45) is 5.06. The highest BCUT2D eigenvalue weighted by Gasteiger charge is 2.32. The minimum Gasteiger partial charge on any atom is -0.495 e. The molecule has 1 aliphatic carbocycles. The quantitative estimate of drug-likeness (QED) is 0.890. The number of anilines is 1. The maximum absolute atomic E-state index is 12.5. The summed E-state index contributed by atoms with van der Waals surface area (Å²) < 4.78 is 5.46. The van der Waals surface area contributed by atoms with Gasteiger partial charge in [-0.05, 0) is 37.8 Å². The molecule has 1 heterocycles. The average molecular weight is 317 g/mol. The lowest BCUT2D eigenvalue weighted by atomic mass is 10.0. The maximum Gasteiger partial charge on any atom is 0.224 e. The van der Waals surface area contributed by atoms with E-state index in [1.165, 1.54) is 0 Å². The number of rotatable bonds is 4. The average Bonchev–Trinajstić information content (AvgIpc) is 3.01. The van der Waals surface area contributed by atoms with Gasteiger partial charge >= 0.3 is 0 Å². The second kappa shape index (κ2) is 7.21. The summed E-state index contributed by atoms with van der Waals surface area (Å²) in [6, 6.07) is 8.29. The largest absolute Gasteiger partial charge is 0.495 e. The fourth-order valence-corrected chi connectivity index (χ4v) is 3.83. The molecular formula is C18H27N3O2. The zero-order valence-electron chi connectivity index (χ0n) is 13.8. The second-order valence-electron chi connectivity index (χ2n) is 6.67. The molecule has 1 aromatic carbocycles. The van der Waals surface area contributed by atoms with E-state index in [9.17, 15) is 4.79 Å². The number of para-hydroxylation sites is 2. The van der Waals surface area contributed by atoms with Crippen LogP contribution in [0.25, 0.3) is 0 Å². The first kappa shape index (κ1) is 16.1. The number of nitrogens with two attached hydrogens (primary N) is 1. The standard InChI is InChI=1S/C18H27N3O2/c1-23-17-10-3-2-9-16(17)21-11-5-6-13(12-21)20-18(22)14-7-4-8-15(14)19/h2-3,9-10,13-15H,4-8,11-12,19H2,1H3,(H,20,22)/t13-,14-,15+/m0/s1. The van der Waals surface area contributed by atoms with E-state index in [-0.39, 0.29) is 23.9 Å². The molecular weight excluding hydrogens is 290 g/mol. The first-order valence-corrected chi connectivity index (χ1v) is 8.63. The number of benzene rings is 1. The van der Waals surface area contributed by atoms with E-state index in [1.54, 1.807) is 7.11 Å². The zero-order chi connectivity index (χ0) is 16.2. The van der Waals surface area contributed by atoms with Crippen LogP contribution in [0.5, 0.6) is 5.75 Å². The smallest absolute Gasteiger partial charge is 0.224 e. The highest BCUT2D eigenvalue weighted by atomic mass is 16.5. The van der Waals surface area contributed by atoms with E-state index >= 15 is 0 Å². The minimum absolute atomic E-state index is 0.00311. The number of ether oxygens (including phenoxy) is 1. The molecule has 1 aliphatic heterocycles. The summed E-state index contributed by atoms with van der Waals surface area (Å²) in [4.78, 5) is 14.8. The van der Waals surface area contributed by atoms with Gasteiger partial charge in [0.05, 0.1) is 18.7 Å². The minimum atomic E-state index is -0.00311. The fourth-order valence-electron chi connectivity index (χ4n) is 3.83. The van der Waals surface area contributed by atoms with E-state index in [1.807, 2.05) is 18.2 Å². The van der Waals surface area contributed by atoms with E-state index < -0.39 is 0 Å². The molecule has 3 N–H and O–H groups in total. The summed E-state index contributed by atoms with van der Waals surface area (Å²) in [6.45, 7) is 1.82. The monoisotopic (exact) mass is 317 g/mol. The van der Waals surface area contributed by atoms with E-state index in [0.29, 0.717) is 0 Å². The Morgan fingerprint density at radius 1 is 1.26 bits per heavy atom. The number of piperidine rings is 1. The normalized spacial score (nSPS) is 27.7. The molecule has 3 rings (SSSR count). The van der Waals surface area contributed by atoms with Crippen LogP contribution in [-0.2, 0) is 4.79 Å². The number of hydrogen-bond donors (Lipinski definition) is 2. The van der Waals surface area contributed by atoms with Crippen molar-refractivity contribution in [1.29, 1.82) is 0 Å². The van der Waals surface area contributed by atoms with Gasteiger partial charge in [0.25, 0.3) is 0 Å². The number of methoxy groups -OCH3 is 1. The van der Waals surface area contributed by atoms with Crippen LogP contribution >= 0.6 is 0 Å². The highest BCUT2D eigenvalue weighted by molar-refractivity contribution is 5.80. The summed E-state index contributed by atoms with van der Waals surface area (Å²) in [5.74, 6) is 1.02. The topological polar surface area (TPSA) is 67.6 Å². The van der Waals surface area contributed by atoms with Crippen molar-refractivity contribution in [2.45, 2.75) is 44.2 Å². The van der Waals surface area contributed by atoms with Gasteiger partial charge in [-0.1, -0.05) is 18.6 Å². The second-order valence-corrected chi connectivity index (χ2v) is 6.67. The van der Waals surface area contributed by atoms with Crippen molar-refractivity contribution in [2.75, 3.05) is 25.1 Å². The Bertz CT molecular complexity index is 549. The Morgan fingerprint density at radius 2 is 2.09 bits per heavy atom. The molecule has 0 aromatic heterocycles. The van der Waals surface area contributed by atoms with Gasteiger partial charge < -0.3 is 20.7 Å². The van der Waals surface area contributed by atoms with E-state index in [4.69, 9.17) is 10.5 Å². The van der Waals surface area contributed by atoms with Crippen molar-refractivity contribution < 1.29 is 9.53 Å². The molecule has 2 fully saturated rings. The number of nitrogens with zero attached hydrogens (tertiary/aromatic N) is 1. The molecule has 0 bridgehead atoms. The lowest BCUT2D eigenvalue weighted by molar-refractivity contribution is -0.125. The Morgan fingerprint density at radius 3 is 2.83 bits per heavy atom. The lowest BCUT2D eigenvalue weighted by Gasteiger charge is -2.36. The Kier molecular flexibility index (Phi) is 5.06. The van der Waals surface area contributed by atoms with Gasteiger partial charge in [0.1, 0.15) is 5.75 Å². The van der Waals surface area contributed by atoms with Crippen LogP contribution in [0.15, 0.2) is 24.3 Å². The van der Waals surface area contributed by atoms with Crippen LogP contribution in [0.1, 0.15) is 32.1 Å². The number of amides is 1. The van der Waals surface area contributed by atoms with Crippen LogP contribution in [-0.4, -0.2) is 38.2 Å². The Hall–Kier alpha value is -1.75. The molecule has 5 heteroatoms. The van der Waals surface area contributed by atoms with Gasteiger partial charge in [0.2, 0.25) is 5.91 Å². The Labute approximate surface area is 138 Å². The van der Waals surface area contributed by atoms with Gasteiger partial charge in [-0.2, -0.15) is 0 Å². The first-order valence-electron chi connectivity index (χ1n) is 8.63. The SMILES string of the molecule is COc1ccccc1N1CCC[C@H](NC(=O)[C@H]2CCC[C@H]2N)C1. The predicted octanol–water partition coefficient (Wildman–Crippen LogP) is 1.91. The van der Waals surface area contributed by atoms with Crippen molar-refractivity contribution in [3.8, 4) is 5.75 Å². The summed E-state index contributed by atoms with van der Waals surface area (Å²) >= 11 is 0. The van der Waals surface area contributed by atoms with Crippen LogP contribution < -0.4 is 20.7 Å². The fraction of sp³-hybridized carbons (Fsp3) is 0.611. The van der Waals surface area contributed by atoms with Gasteiger partial charge in [-0.3, -0.25) is 4.79 Å². The summed E-state index contributed by atoms with van der Waals surface area (Å²) in [7, 11) is 1.70. The molecule has 5 nitrogen and oxygen atoms in total. The van der Waals surface area contributed by atoms with Gasteiger partial charge in [0, 0.05) is 25.2 Å². The molecule has 1 saturated heterocycles. The molecule has 3 atom stereocenters. The Balaban J connectivity index is 1.63. The van der Waals surface area contributed by atoms with Crippen molar-refractivity contribution in [3.05, 3.63) is 24.3 Å². The molecule has 0 spiro atoms. The molecule has 1 aromatic rings. The molecule has 2 aliphatic rings. The third-order valence-electron chi connectivity index (χ3n) is 5.10. The van der Waals surface area contributed by atoms with E-state index in [2.05, 4.69) is 16.3 Å². The molecule has 0 unspecified atom stereocenters. The maximum atomic E-state index is 12.5. The molecule has 23 heavy (non-hydrogen) atoms. The van der Waals surface area contributed by atoms with Crippen molar-refractivity contribution in [2.24, 2.45) is 11.7 Å². The number of carbonyl (C=O) groups excluding carboxylic acids is 1.